The molecule has 0 saturated carbocycles. The van der Waals surface area contributed by atoms with Crippen molar-refractivity contribution >= 4 is 11.9 Å². The SMILES string of the molecule is O=C(CC1CCc2ccccc2C1)NCCc1cccc(C(=O)O)c1. The van der Waals surface area contributed by atoms with Crippen LogP contribution in [0.3, 0.4) is 0 Å². The Morgan fingerprint density at radius 3 is 2.68 bits per heavy atom. The monoisotopic (exact) mass is 337 g/mol. The number of aryl methyl sites for hydroxylation is 1. The second kappa shape index (κ2) is 7.97. The van der Waals surface area contributed by atoms with Gasteiger partial charge in [-0.25, -0.2) is 4.79 Å². The first-order valence-electron chi connectivity index (χ1n) is 8.77. The summed E-state index contributed by atoms with van der Waals surface area (Å²) in [5, 5.41) is 12.0. The van der Waals surface area contributed by atoms with Crippen LogP contribution >= 0.6 is 0 Å². The van der Waals surface area contributed by atoms with Gasteiger partial charge < -0.3 is 10.4 Å². The molecule has 0 heterocycles. The number of carbonyl (C=O) groups excluding carboxylic acids is 1. The van der Waals surface area contributed by atoms with E-state index in [2.05, 4.69) is 29.6 Å². The van der Waals surface area contributed by atoms with Gasteiger partial charge in [0.25, 0.3) is 0 Å². The van der Waals surface area contributed by atoms with Gasteiger partial charge in [0.15, 0.2) is 0 Å². The highest BCUT2D eigenvalue weighted by Gasteiger charge is 2.20. The van der Waals surface area contributed by atoms with Crippen LogP contribution in [0.1, 0.15) is 39.9 Å². The van der Waals surface area contributed by atoms with Crippen LogP contribution in [-0.4, -0.2) is 23.5 Å². The molecule has 1 amide bonds. The van der Waals surface area contributed by atoms with Gasteiger partial charge in [0.05, 0.1) is 5.56 Å². The Labute approximate surface area is 147 Å². The third kappa shape index (κ3) is 4.69. The maximum absolute atomic E-state index is 12.2. The van der Waals surface area contributed by atoms with Crippen molar-refractivity contribution in [3.63, 3.8) is 0 Å². The average molecular weight is 337 g/mol. The predicted molar refractivity (Wildman–Crippen MR) is 96.7 cm³/mol. The van der Waals surface area contributed by atoms with Gasteiger partial charge in [-0.1, -0.05) is 36.4 Å². The standard InChI is InChI=1S/C21H23NO3/c23-20(14-16-8-9-17-5-1-2-6-18(17)13-16)22-11-10-15-4-3-7-19(12-15)21(24)25/h1-7,12,16H,8-11,13-14H2,(H,22,23)(H,24,25). The molecule has 0 saturated heterocycles. The molecule has 1 aliphatic carbocycles. The molecular weight excluding hydrogens is 314 g/mol. The van der Waals surface area contributed by atoms with Crippen molar-refractivity contribution in [2.45, 2.75) is 32.1 Å². The first-order valence-corrected chi connectivity index (χ1v) is 8.77. The summed E-state index contributed by atoms with van der Waals surface area (Å²) in [7, 11) is 0. The molecule has 2 N–H and O–H groups in total. The number of hydrogen-bond donors (Lipinski definition) is 2. The lowest BCUT2D eigenvalue weighted by Crippen LogP contribution is -2.29. The van der Waals surface area contributed by atoms with Gasteiger partial charge in [0, 0.05) is 13.0 Å². The zero-order valence-electron chi connectivity index (χ0n) is 14.2. The molecule has 0 spiro atoms. The molecule has 0 aromatic heterocycles. The Bertz CT molecular complexity index is 769. The first-order chi connectivity index (χ1) is 12.1. The molecule has 130 valence electrons. The third-order valence-corrected chi connectivity index (χ3v) is 4.83. The van der Waals surface area contributed by atoms with Crippen LogP contribution in [0.5, 0.6) is 0 Å². The number of rotatable bonds is 6. The summed E-state index contributed by atoms with van der Waals surface area (Å²) in [6.45, 7) is 0.533. The van der Waals surface area contributed by atoms with Crippen molar-refractivity contribution < 1.29 is 14.7 Å². The molecule has 4 heteroatoms. The number of carbonyl (C=O) groups is 2. The van der Waals surface area contributed by atoms with E-state index in [0.29, 0.717) is 25.3 Å². The van der Waals surface area contributed by atoms with Crippen molar-refractivity contribution in [3.05, 3.63) is 70.8 Å². The molecule has 1 aliphatic rings. The summed E-state index contributed by atoms with van der Waals surface area (Å²) in [5.74, 6) is -0.438. The van der Waals surface area contributed by atoms with E-state index in [1.54, 1.807) is 18.2 Å². The third-order valence-electron chi connectivity index (χ3n) is 4.83. The van der Waals surface area contributed by atoms with Gasteiger partial charge in [-0.3, -0.25) is 4.79 Å². The van der Waals surface area contributed by atoms with Gasteiger partial charge in [0.2, 0.25) is 5.91 Å². The first kappa shape index (κ1) is 17.2. The number of carboxylic acids is 1. The molecule has 1 atom stereocenters. The van der Waals surface area contributed by atoms with E-state index in [0.717, 1.165) is 24.8 Å². The van der Waals surface area contributed by atoms with E-state index in [4.69, 9.17) is 5.11 Å². The van der Waals surface area contributed by atoms with Crippen LogP contribution < -0.4 is 5.32 Å². The van der Waals surface area contributed by atoms with Crippen molar-refractivity contribution in [1.82, 2.24) is 5.32 Å². The second-order valence-electron chi connectivity index (χ2n) is 6.69. The predicted octanol–water partition coefficient (Wildman–Crippen LogP) is 3.24. The summed E-state index contributed by atoms with van der Waals surface area (Å²) in [4.78, 5) is 23.2. The van der Waals surface area contributed by atoms with Crippen LogP contribution in [0.15, 0.2) is 48.5 Å². The number of aromatic carboxylic acids is 1. The molecule has 2 aromatic carbocycles. The van der Waals surface area contributed by atoms with Crippen LogP contribution in [0, 0.1) is 5.92 Å². The number of carboxylic acid groups (broad SMARTS) is 1. The molecule has 0 radical (unpaired) electrons. The fourth-order valence-corrected chi connectivity index (χ4v) is 3.49. The second-order valence-corrected chi connectivity index (χ2v) is 6.69. The minimum atomic E-state index is -0.927. The Hall–Kier alpha value is -2.62. The molecule has 0 bridgehead atoms. The van der Waals surface area contributed by atoms with Gasteiger partial charge >= 0.3 is 5.97 Å². The van der Waals surface area contributed by atoms with Crippen LogP contribution in [0.2, 0.25) is 0 Å². The Kier molecular flexibility index (Phi) is 5.49. The zero-order valence-corrected chi connectivity index (χ0v) is 14.2. The van der Waals surface area contributed by atoms with Crippen molar-refractivity contribution in [2.24, 2.45) is 5.92 Å². The molecule has 4 nitrogen and oxygen atoms in total. The lowest BCUT2D eigenvalue weighted by atomic mass is 9.82. The number of hydrogen-bond acceptors (Lipinski definition) is 2. The molecular formula is C21H23NO3. The van der Waals surface area contributed by atoms with E-state index in [-0.39, 0.29) is 11.5 Å². The van der Waals surface area contributed by atoms with Crippen LogP contribution in [0.25, 0.3) is 0 Å². The molecule has 1 unspecified atom stereocenters. The maximum atomic E-state index is 12.2. The van der Waals surface area contributed by atoms with Gasteiger partial charge in [-0.15, -0.1) is 0 Å². The minimum Gasteiger partial charge on any atom is -0.478 e. The smallest absolute Gasteiger partial charge is 0.335 e. The van der Waals surface area contributed by atoms with E-state index in [1.165, 1.54) is 11.1 Å². The topological polar surface area (TPSA) is 66.4 Å². The summed E-state index contributed by atoms with van der Waals surface area (Å²) >= 11 is 0. The quantitative estimate of drug-likeness (QED) is 0.850. The summed E-state index contributed by atoms with van der Waals surface area (Å²) in [6, 6.07) is 15.3. The molecule has 25 heavy (non-hydrogen) atoms. The van der Waals surface area contributed by atoms with E-state index < -0.39 is 5.97 Å². The van der Waals surface area contributed by atoms with E-state index >= 15 is 0 Å². The fraction of sp³-hybridized carbons (Fsp3) is 0.333. The van der Waals surface area contributed by atoms with Crippen molar-refractivity contribution in [1.29, 1.82) is 0 Å². The molecule has 0 aliphatic heterocycles. The van der Waals surface area contributed by atoms with Gasteiger partial charge in [-0.05, 0) is 60.4 Å². The highest BCUT2D eigenvalue weighted by molar-refractivity contribution is 5.87. The largest absolute Gasteiger partial charge is 0.478 e. The number of amides is 1. The number of nitrogens with one attached hydrogen (secondary N) is 1. The summed E-state index contributed by atoms with van der Waals surface area (Å²) < 4.78 is 0. The normalized spacial score (nSPS) is 16.1. The molecule has 2 aromatic rings. The van der Waals surface area contributed by atoms with Crippen molar-refractivity contribution in [3.8, 4) is 0 Å². The van der Waals surface area contributed by atoms with Crippen molar-refractivity contribution in [2.75, 3.05) is 6.54 Å². The average Bonchev–Trinajstić information content (AvgIpc) is 2.62. The molecule has 0 fully saturated rings. The van der Waals surface area contributed by atoms with E-state index in [9.17, 15) is 9.59 Å². The number of fused-ring (bicyclic) bond motifs is 1. The molecule has 3 rings (SSSR count). The van der Waals surface area contributed by atoms with Crippen LogP contribution in [0.4, 0.5) is 0 Å². The summed E-state index contributed by atoms with van der Waals surface area (Å²) in [5.41, 5.74) is 3.99. The Balaban J connectivity index is 1.44. The van der Waals surface area contributed by atoms with Gasteiger partial charge in [-0.2, -0.15) is 0 Å². The Morgan fingerprint density at radius 2 is 1.88 bits per heavy atom. The Morgan fingerprint density at radius 1 is 1.08 bits per heavy atom. The summed E-state index contributed by atoms with van der Waals surface area (Å²) in [6.07, 6.45) is 4.29. The van der Waals surface area contributed by atoms with E-state index in [1.807, 2.05) is 6.07 Å². The highest BCUT2D eigenvalue weighted by Crippen LogP contribution is 2.27. The zero-order chi connectivity index (χ0) is 17.6. The lowest BCUT2D eigenvalue weighted by molar-refractivity contribution is -0.122. The highest BCUT2D eigenvalue weighted by atomic mass is 16.4. The lowest BCUT2D eigenvalue weighted by Gasteiger charge is -2.24. The fourth-order valence-electron chi connectivity index (χ4n) is 3.49. The number of benzene rings is 2. The van der Waals surface area contributed by atoms with Gasteiger partial charge in [0.1, 0.15) is 0 Å². The van der Waals surface area contributed by atoms with Crippen LogP contribution in [-0.2, 0) is 24.1 Å². The minimum absolute atomic E-state index is 0.0822. The maximum Gasteiger partial charge on any atom is 0.335 e.